The molecule has 0 aliphatic carbocycles. The molecule has 1 aromatic rings. The van der Waals surface area contributed by atoms with E-state index in [0.29, 0.717) is 13.2 Å². The zero-order valence-electron chi connectivity index (χ0n) is 10.1. The Bertz CT molecular complexity index is 452. The number of nitro benzene ring substituents is 1. The molecular weight excluding hydrogens is 254 g/mol. The lowest BCUT2D eigenvalue weighted by molar-refractivity contribution is -0.384. The Morgan fingerprint density at radius 3 is 2.74 bits per heavy atom. The molecule has 0 spiro atoms. The predicted octanol–water partition coefficient (Wildman–Crippen LogP) is 2.15. The first-order valence-electron chi connectivity index (χ1n) is 5.82. The normalized spacial score (nSPS) is 18.0. The Labute approximate surface area is 109 Å². The van der Waals surface area contributed by atoms with Crippen LogP contribution in [0.15, 0.2) is 24.3 Å². The second kappa shape index (κ2) is 6.14. The van der Waals surface area contributed by atoms with Crippen LogP contribution in [-0.4, -0.2) is 30.9 Å². The molecule has 0 N–H and O–H groups in total. The Morgan fingerprint density at radius 2 is 2.16 bits per heavy atom. The molecule has 1 heterocycles. The third kappa shape index (κ3) is 3.92. The highest BCUT2D eigenvalue weighted by atomic mass is 16.7. The van der Waals surface area contributed by atoms with Crippen molar-refractivity contribution in [2.75, 3.05) is 19.8 Å². The van der Waals surface area contributed by atoms with Crippen molar-refractivity contribution in [2.24, 2.45) is 5.92 Å². The second-order valence-electron chi connectivity index (χ2n) is 4.14. The van der Waals surface area contributed by atoms with E-state index >= 15 is 0 Å². The summed E-state index contributed by atoms with van der Waals surface area (Å²) in [6.45, 7) is 1.53. The second-order valence-corrected chi connectivity index (χ2v) is 4.14. The van der Waals surface area contributed by atoms with Crippen LogP contribution < -0.4 is 4.74 Å². The summed E-state index contributed by atoms with van der Waals surface area (Å²) in [5, 5.41) is 10.4. The van der Waals surface area contributed by atoms with Crippen molar-refractivity contribution in [3.8, 4) is 5.75 Å². The fraction of sp³-hybridized carbons (Fsp3) is 0.417. The average molecular weight is 267 g/mol. The van der Waals surface area contributed by atoms with Crippen LogP contribution in [0.5, 0.6) is 5.75 Å². The molecule has 0 radical (unpaired) electrons. The molecule has 7 nitrogen and oxygen atoms in total. The highest BCUT2D eigenvalue weighted by Crippen LogP contribution is 2.18. The highest BCUT2D eigenvalue weighted by Gasteiger charge is 2.18. The lowest BCUT2D eigenvalue weighted by Gasteiger charge is -2.08. The van der Waals surface area contributed by atoms with Crippen molar-refractivity contribution < 1.29 is 23.9 Å². The number of ether oxygens (including phenoxy) is 3. The van der Waals surface area contributed by atoms with Crippen LogP contribution in [0.3, 0.4) is 0 Å². The van der Waals surface area contributed by atoms with E-state index in [4.69, 9.17) is 14.2 Å². The summed E-state index contributed by atoms with van der Waals surface area (Å²) in [4.78, 5) is 21.3. The zero-order valence-corrected chi connectivity index (χ0v) is 10.1. The molecule has 1 fully saturated rings. The smallest absolute Gasteiger partial charge is 0.434 e. The van der Waals surface area contributed by atoms with E-state index in [-0.39, 0.29) is 24.0 Å². The summed E-state index contributed by atoms with van der Waals surface area (Å²) < 4.78 is 15.0. The number of rotatable bonds is 4. The fourth-order valence-electron chi connectivity index (χ4n) is 1.66. The molecule has 1 saturated heterocycles. The quantitative estimate of drug-likeness (QED) is 0.359. The van der Waals surface area contributed by atoms with Gasteiger partial charge in [-0.25, -0.2) is 4.79 Å². The molecule has 1 aliphatic rings. The third-order valence-corrected chi connectivity index (χ3v) is 2.71. The summed E-state index contributed by atoms with van der Waals surface area (Å²) >= 11 is 0. The van der Waals surface area contributed by atoms with Gasteiger partial charge in [0.05, 0.1) is 11.5 Å². The Morgan fingerprint density at radius 1 is 1.42 bits per heavy atom. The van der Waals surface area contributed by atoms with E-state index in [0.717, 1.165) is 6.42 Å². The summed E-state index contributed by atoms with van der Waals surface area (Å²) in [5.74, 6) is 0.419. The molecule has 0 aromatic heterocycles. The van der Waals surface area contributed by atoms with Crippen molar-refractivity contribution in [1.29, 1.82) is 0 Å². The molecule has 0 amide bonds. The van der Waals surface area contributed by atoms with E-state index in [1.807, 2.05) is 0 Å². The zero-order chi connectivity index (χ0) is 13.7. The molecule has 102 valence electrons. The van der Waals surface area contributed by atoms with Crippen molar-refractivity contribution >= 4 is 11.8 Å². The van der Waals surface area contributed by atoms with Gasteiger partial charge in [-0.2, -0.15) is 0 Å². The van der Waals surface area contributed by atoms with Gasteiger partial charge in [0.25, 0.3) is 5.69 Å². The topological polar surface area (TPSA) is 87.9 Å². The standard InChI is InChI=1S/C12H13NO6/c14-12(18-8-9-5-6-17-7-9)19-11-3-1-10(2-4-11)13(15)16/h1-4,9H,5-8H2. The van der Waals surface area contributed by atoms with Crippen LogP contribution in [0, 0.1) is 16.0 Å². The summed E-state index contributed by atoms with van der Waals surface area (Å²) in [5.41, 5.74) is -0.0659. The Balaban J connectivity index is 1.79. The van der Waals surface area contributed by atoms with E-state index in [2.05, 4.69) is 0 Å². The SMILES string of the molecule is O=C(OCC1CCOC1)Oc1ccc([N+](=O)[O-])cc1. The molecular formula is C12H13NO6. The van der Waals surface area contributed by atoms with Crippen molar-refractivity contribution in [3.05, 3.63) is 34.4 Å². The molecule has 19 heavy (non-hydrogen) atoms. The number of carbonyl (C=O) groups is 1. The van der Waals surface area contributed by atoms with Gasteiger partial charge in [-0.15, -0.1) is 0 Å². The minimum absolute atomic E-state index is 0.0659. The first-order valence-corrected chi connectivity index (χ1v) is 5.82. The van der Waals surface area contributed by atoms with Gasteiger partial charge < -0.3 is 14.2 Å². The number of hydrogen-bond donors (Lipinski definition) is 0. The number of nitro groups is 1. The van der Waals surface area contributed by atoms with Crippen LogP contribution in [0.25, 0.3) is 0 Å². The summed E-state index contributed by atoms with van der Waals surface area (Å²) in [6, 6.07) is 5.21. The molecule has 0 bridgehead atoms. The molecule has 7 heteroatoms. The monoisotopic (exact) mass is 267 g/mol. The van der Waals surface area contributed by atoms with Gasteiger partial charge in [0.15, 0.2) is 0 Å². The fourth-order valence-corrected chi connectivity index (χ4v) is 1.66. The Hall–Kier alpha value is -2.15. The maximum absolute atomic E-state index is 11.4. The van der Waals surface area contributed by atoms with Crippen LogP contribution in [0.4, 0.5) is 10.5 Å². The third-order valence-electron chi connectivity index (χ3n) is 2.71. The van der Waals surface area contributed by atoms with Crippen LogP contribution >= 0.6 is 0 Å². The maximum atomic E-state index is 11.4. The minimum Gasteiger partial charge on any atom is -0.434 e. The van der Waals surface area contributed by atoms with Gasteiger partial charge in [0, 0.05) is 24.7 Å². The molecule has 1 aromatic carbocycles. The predicted molar refractivity (Wildman–Crippen MR) is 64.0 cm³/mol. The molecule has 0 saturated carbocycles. The molecule has 2 rings (SSSR count). The van der Waals surface area contributed by atoms with Gasteiger partial charge in [0.2, 0.25) is 0 Å². The van der Waals surface area contributed by atoms with Crippen LogP contribution in [0.1, 0.15) is 6.42 Å². The van der Waals surface area contributed by atoms with E-state index in [9.17, 15) is 14.9 Å². The van der Waals surface area contributed by atoms with Gasteiger partial charge in [-0.3, -0.25) is 10.1 Å². The van der Waals surface area contributed by atoms with Crippen molar-refractivity contribution in [3.63, 3.8) is 0 Å². The lowest BCUT2D eigenvalue weighted by Crippen LogP contribution is -2.17. The van der Waals surface area contributed by atoms with Gasteiger partial charge >= 0.3 is 6.16 Å². The summed E-state index contributed by atoms with van der Waals surface area (Å²) in [7, 11) is 0. The number of non-ortho nitro benzene ring substituents is 1. The minimum atomic E-state index is -0.819. The molecule has 1 atom stereocenters. The Kier molecular flexibility index (Phi) is 4.30. The summed E-state index contributed by atoms with van der Waals surface area (Å²) in [6.07, 6.45) is 0.0471. The van der Waals surface area contributed by atoms with Gasteiger partial charge in [-0.1, -0.05) is 0 Å². The average Bonchev–Trinajstić information content (AvgIpc) is 2.90. The van der Waals surface area contributed by atoms with Crippen molar-refractivity contribution in [2.45, 2.75) is 6.42 Å². The first-order chi connectivity index (χ1) is 9.15. The molecule has 1 aliphatic heterocycles. The number of carbonyl (C=O) groups excluding carboxylic acids is 1. The van der Waals surface area contributed by atoms with Gasteiger partial charge in [-0.05, 0) is 18.6 Å². The van der Waals surface area contributed by atoms with Crippen molar-refractivity contribution in [1.82, 2.24) is 0 Å². The number of benzene rings is 1. The first kappa shape index (κ1) is 13.3. The highest BCUT2D eigenvalue weighted by molar-refractivity contribution is 5.63. The largest absolute Gasteiger partial charge is 0.513 e. The van der Waals surface area contributed by atoms with Crippen LogP contribution in [0.2, 0.25) is 0 Å². The van der Waals surface area contributed by atoms with Gasteiger partial charge in [0.1, 0.15) is 12.4 Å². The maximum Gasteiger partial charge on any atom is 0.513 e. The number of nitrogens with zero attached hydrogens (tertiary/aromatic N) is 1. The van der Waals surface area contributed by atoms with Crippen LogP contribution in [-0.2, 0) is 9.47 Å². The van der Waals surface area contributed by atoms with E-state index < -0.39 is 11.1 Å². The van der Waals surface area contributed by atoms with E-state index in [1.54, 1.807) is 0 Å². The molecule has 1 unspecified atom stereocenters. The lowest BCUT2D eigenvalue weighted by atomic mass is 10.1. The van der Waals surface area contributed by atoms with E-state index in [1.165, 1.54) is 24.3 Å². The number of hydrogen-bond acceptors (Lipinski definition) is 6.